The van der Waals surface area contributed by atoms with Crippen molar-refractivity contribution in [3.8, 4) is 0 Å². The van der Waals surface area contributed by atoms with Gasteiger partial charge in [0.05, 0.1) is 0 Å². The van der Waals surface area contributed by atoms with Gasteiger partial charge in [0.15, 0.2) is 0 Å². The molecule has 1 fully saturated rings. The molecule has 2 atom stereocenters. The van der Waals surface area contributed by atoms with Crippen LogP contribution in [0.1, 0.15) is 38.4 Å². The standard InChI is InChI=1S/C12H21N5/c1-8-4-3-5-10(6-8)16-11-7-12(17-13)15-9(2)14-11/h7-8,10H,3-6,13H2,1-2H3,(H2,14,15,16,17). The Kier molecular flexibility index (Phi) is 3.78. The fraction of sp³-hybridized carbons (Fsp3) is 0.667. The third kappa shape index (κ3) is 3.30. The van der Waals surface area contributed by atoms with Crippen LogP contribution in [-0.2, 0) is 0 Å². The minimum Gasteiger partial charge on any atom is -0.367 e. The second kappa shape index (κ2) is 5.31. The molecule has 5 heteroatoms. The van der Waals surface area contributed by atoms with Crippen molar-refractivity contribution in [2.75, 3.05) is 10.7 Å². The van der Waals surface area contributed by atoms with Crippen molar-refractivity contribution in [2.45, 2.75) is 45.6 Å². The van der Waals surface area contributed by atoms with Gasteiger partial charge in [-0.2, -0.15) is 0 Å². The Morgan fingerprint density at radius 1 is 1.29 bits per heavy atom. The van der Waals surface area contributed by atoms with E-state index in [1.807, 2.05) is 13.0 Å². The average Bonchev–Trinajstić information content (AvgIpc) is 2.28. The van der Waals surface area contributed by atoms with Crippen LogP contribution >= 0.6 is 0 Å². The molecule has 0 radical (unpaired) electrons. The highest BCUT2D eigenvalue weighted by atomic mass is 15.3. The molecule has 0 aliphatic heterocycles. The summed E-state index contributed by atoms with van der Waals surface area (Å²) in [6, 6.07) is 2.38. The van der Waals surface area contributed by atoms with Crippen LogP contribution in [0.5, 0.6) is 0 Å². The summed E-state index contributed by atoms with van der Waals surface area (Å²) >= 11 is 0. The molecule has 2 unspecified atom stereocenters. The van der Waals surface area contributed by atoms with Crippen LogP contribution in [0.2, 0.25) is 0 Å². The molecule has 0 aromatic carbocycles. The highest BCUT2D eigenvalue weighted by Crippen LogP contribution is 2.26. The van der Waals surface area contributed by atoms with E-state index in [-0.39, 0.29) is 0 Å². The van der Waals surface area contributed by atoms with Gasteiger partial charge >= 0.3 is 0 Å². The number of nitrogen functional groups attached to an aromatic ring is 1. The first kappa shape index (κ1) is 12.1. The third-order valence-electron chi connectivity index (χ3n) is 3.27. The van der Waals surface area contributed by atoms with Crippen molar-refractivity contribution in [1.82, 2.24) is 9.97 Å². The number of hydrogen-bond acceptors (Lipinski definition) is 5. The molecule has 5 nitrogen and oxygen atoms in total. The quantitative estimate of drug-likeness (QED) is 0.552. The molecule has 0 amide bonds. The monoisotopic (exact) mass is 235 g/mol. The summed E-state index contributed by atoms with van der Waals surface area (Å²) < 4.78 is 0. The van der Waals surface area contributed by atoms with Gasteiger partial charge in [0.25, 0.3) is 0 Å². The molecule has 4 N–H and O–H groups in total. The van der Waals surface area contributed by atoms with Gasteiger partial charge in [-0.1, -0.05) is 19.8 Å². The van der Waals surface area contributed by atoms with Crippen LogP contribution in [0.15, 0.2) is 6.07 Å². The topological polar surface area (TPSA) is 75.9 Å². The van der Waals surface area contributed by atoms with Crippen molar-refractivity contribution in [1.29, 1.82) is 0 Å². The van der Waals surface area contributed by atoms with Gasteiger partial charge in [0.1, 0.15) is 17.5 Å². The number of aromatic nitrogens is 2. The molecule has 1 aromatic rings. The van der Waals surface area contributed by atoms with E-state index in [4.69, 9.17) is 5.84 Å². The smallest absolute Gasteiger partial charge is 0.145 e. The Morgan fingerprint density at radius 2 is 2.06 bits per heavy atom. The first-order valence-electron chi connectivity index (χ1n) is 6.26. The number of rotatable bonds is 3. The molecule has 1 aliphatic carbocycles. The molecule has 0 bridgehead atoms. The Balaban J connectivity index is 2.04. The first-order valence-corrected chi connectivity index (χ1v) is 6.26. The Labute approximate surface area is 102 Å². The van der Waals surface area contributed by atoms with Crippen molar-refractivity contribution in [2.24, 2.45) is 11.8 Å². The van der Waals surface area contributed by atoms with Crippen LogP contribution in [0.25, 0.3) is 0 Å². The normalized spacial score (nSPS) is 24.4. The van der Waals surface area contributed by atoms with E-state index in [1.165, 1.54) is 25.7 Å². The summed E-state index contributed by atoms with van der Waals surface area (Å²) in [5.41, 5.74) is 2.56. The molecule has 1 heterocycles. The third-order valence-corrected chi connectivity index (χ3v) is 3.27. The van der Waals surface area contributed by atoms with Crippen LogP contribution in [0.3, 0.4) is 0 Å². The van der Waals surface area contributed by atoms with Crippen molar-refractivity contribution < 1.29 is 0 Å². The summed E-state index contributed by atoms with van der Waals surface area (Å²) in [7, 11) is 0. The number of anilines is 2. The SMILES string of the molecule is Cc1nc(NN)cc(NC2CCCC(C)C2)n1. The molecule has 94 valence electrons. The number of hydrazine groups is 1. The molecule has 0 saturated heterocycles. The van der Waals surface area contributed by atoms with Gasteiger partial charge in [0, 0.05) is 12.1 Å². The minimum absolute atomic E-state index is 0.527. The van der Waals surface area contributed by atoms with Crippen LogP contribution in [0.4, 0.5) is 11.6 Å². The molecule has 1 aromatic heterocycles. The maximum Gasteiger partial charge on any atom is 0.145 e. The second-order valence-corrected chi connectivity index (χ2v) is 4.94. The maximum atomic E-state index is 5.37. The first-order chi connectivity index (χ1) is 8.17. The summed E-state index contributed by atoms with van der Waals surface area (Å²) in [4.78, 5) is 8.56. The fourth-order valence-corrected chi connectivity index (χ4v) is 2.49. The van der Waals surface area contributed by atoms with Gasteiger partial charge in [-0.15, -0.1) is 0 Å². The number of nitrogens with zero attached hydrogens (tertiary/aromatic N) is 2. The van der Waals surface area contributed by atoms with E-state index in [0.717, 1.165) is 17.6 Å². The van der Waals surface area contributed by atoms with Crippen LogP contribution in [-0.4, -0.2) is 16.0 Å². The average molecular weight is 235 g/mol. The Hall–Kier alpha value is -1.36. The van der Waals surface area contributed by atoms with Gasteiger partial charge in [-0.05, 0) is 25.7 Å². The zero-order chi connectivity index (χ0) is 12.3. The Morgan fingerprint density at radius 3 is 2.76 bits per heavy atom. The number of aryl methyl sites for hydroxylation is 1. The molecular weight excluding hydrogens is 214 g/mol. The Bertz CT molecular complexity index is 379. The molecule has 17 heavy (non-hydrogen) atoms. The molecule has 1 saturated carbocycles. The second-order valence-electron chi connectivity index (χ2n) is 4.94. The van der Waals surface area contributed by atoms with Gasteiger partial charge in [-0.3, -0.25) is 0 Å². The number of hydrogen-bond donors (Lipinski definition) is 3. The zero-order valence-electron chi connectivity index (χ0n) is 10.5. The molecule has 2 rings (SSSR count). The molecule has 1 aliphatic rings. The lowest BCUT2D eigenvalue weighted by molar-refractivity contribution is 0.358. The predicted molar refractivity (Wildman–Crippen MR) is 69.6 cm³/mol. The summed E-state index contributed by atoms with van der Waals surface area (Å²) in [5, 5.41) is 3.48. The van der Waals surface area contributed by atoms with Crippen molar-refractivity contribution in [3.05, 3.63) is 11.9 Å². The predicted octanol–water partition coefficient (Wildman–Crippen LogP) is 2.06. The number of nitrogens with two attached hydrogens (primary N) is 1. The largest absolute Gasteiger partial charge is 0.367 e. The zero-order valence-corrected chi connectivity index (χ0v) is 10.5. The maximum absolute atomic E-state index is 5.37. The van der Waals surface area contributed by atoms with E-state index in [1.54, 1.807) is 0 Å². The van der Waals surface area contributed by atoms with Crippen LogP contribution in [0, 0.1) is 12.8 Å². The number of nitrogens with one attached hydrogen (secondary N) is 2. The van der Waals surface area contributed by atoms with E-state index in [9.17, 15) is 0 Å². The van der Waals surface area contributed by atoms with Gasteiger partial charge in [0.2, 0.25) is 0 Å². The fourth-order valence-electron chi connectivity index (χ4n) is 2.49. The van der Waals surface area contributed by atoms with E-state index in [0.29, 0.717) is 11.9 Å². The lowest BCUT2D eigenvalue weighted by atomic mass is 9.87. The van der Waals surface area contributed by atoms with Gasteiger partial charge in [-0.25, -0.2) is 15.8 Å². The minimum atomic E-state index is 0.527. The van der Waals surface area contributed by atoms with Gasteiger partial charge < -0.3 is 10.7 Å². The molecular formula is C12H21N5. The molecule has 0 spiro atoms. The summed E-state index contributed by atoms with van der Waals surface area (Å²) in [6.45, 7) is 4.18. The van der Waals surface area contributed by atoms with E-state index >= 15 is 0 Å². The van der Waals surface area contributed by atoms with Crippen molar-refractivity contribution in [3.63, 3.8) is 0 Å². The summed E-state index contributed by atoms with van der Waals surface area (Å²) in [6.07, 6.45) is 5.08. The van der Waals surface area contributed by atoms with E-state index < -0.39 is 0 Å². The van der Waals surface area contributed by atoms with Crippen LogP contribution < -0.4 is 16.6 Å². The lowest BCUT2D eigenvalue weighted by Crippen LogP contribution is -2.27. The van der Waals surface area contributed by atoms with Crippen molar-refractivity contribution >= 4 is 11.6 Å². The summed E-state index contributed by atoms with van der Waals surface area (Å²) in [5.74, 6) is 8.43. The highest BCUT2D eigenvalue weighted by Gasteiger charge is 2.19. The van der Waals surface area contributed by atoms with E-state index in [2.05, 4.69) is 27.6 Å². The lowest BCUT2D eigenvalue weighted by Gasteiger charge is -2.28. The highest BCUT2D eigenvalue weighted by molar-refractivity contribution is 5.47.